The largest absolute Gasteiger partial charge is 0.393 e. The molecule has 0 bridgehead atoms. The summed E-state index contributed by atoms with van der Waals surface area (Å²) >= 11 is 0. The van der Waals surface area contributed by atoms with E-state index in [1.807, 2.05) is 19.4 Å². The topological polar surface area (TPSA) is 41.3 Å². The van der Waals surface area contributed by atoms with Gasteiger partial charge in [0.05, 0.1) is 12.6 Å². The van der Waals surface area contributed by atoms with Gasteiger partial charge in [0, 0.05) is 32.5 Å². The van der Waals surface area contributed by atoms with Gasteiger partial charge in [0.1, 0.15) is 5.82 Å². The van der Waals surface area contributed by atoms with Crippen molar-refractivity contribution in [3.63, 3.8) is 0 Å². The van der Waals surface area contributed by atoms with Crippen LogP contribution in [0.5, 0.6) is 0 Å². The molecule has 0 amide bonds. The third-order valence-electron chi connectivity index (χ3n) is 3.23. The highest BCUT2D eigenvalue weighted by molar-refractivity contribution is 4.92. The molecule has 2 atom stereocenters. The monoisotopic (exact) mass is 209 g/mol. The zero-order valence-corrected chi connectivity index (χ0v) is 9.43. The van der Waals surface area contributed by atoms with Crippen molar-refractivity contribution in [2.75, 3.05) is 13.1 Å². The molecule has 84 valence electrons. The number of piperidine rings is 1. The first kappa shape index (κ1) is 10.6. The van der Waals surface area contributed by atoms with Crippen LogP contribution in [0.1, 0.15) is 19.2 Å². The average Bonchev–Trinajstić information content (AvgIpc) is 2.59. The first-order valence-corrected chi connectivity index (χ1v) is 5.53. The van der Waals surface area contributed by atoms with E-state index in [1.165, 1.54) is 0 Å². The van der Waals surface area contributed by atoms with Crippen LogP contribution in [-0.4, -0.2) is 38.8 Å². The third kappa shape index (κ3) is 2.38. The Labute approximate surface area is 90.5 Å². The molecule has 2 rings (SSSR count). The van der Waals surface area contributed by atoms with Gasteiger partial charge in [-0.15, -0.1) is 0 Å². The summed E-state index contributed by atoms with van der Waals surface area (Å²) in [4.78, 5) is 6.67. The van der Waals surface area contributed by atoms with Gasteiger partial charge in [-0.2, -0.15) is 0 Å². The van der Waals surface area contributed by atoms with E-state index in [9.17, 15) is 5.11 Å². The number of aromatic nitrogens is 2. The van der Waals surface area contributed by atoms with Crippen LogP contribution in [0.2, 0.25) is 0 Å². The van der Waals surface area contributed by atoms with E-state index >= 15 is 0 Å². The zero-order chi connectivity index (χ0) is 10.8. The minimum Gasteiger partial charge on any atom is -0.393 e. The van der Waals surface area contributed by atoms with Gasteiger partial charge in [-0.25, -0.2) is 4.98 Å². The molecule has 0 spiro atoms. The van der Waals surface area contributed by atoms with Crippen molar-refractivity contribution < 1.29 is 5.11 Å². The summed E-state index contributed by atoms with van der Waals surface area (Å²) in [5.41, 5.74) is 0. The van der Waals surface area contributed by atoms with E-state index in [0.717, 1.165) is 31.9 Å². The van der Waals surface area contributed by atoms with Crippen molar-refractivity contribution >= 4 is 0 Å². The standard InChI is InChI=1S/C11H19N3O/c1-9-7-14(5-3-10(9)15)8-11-12-4-6-13(11)2/h4,6,9-10,15H,3,5,7-8H2,1-2H3. The van der Waals surface area contributed by atoms with Gasteiger partial charge in [-0.1, -0.05) is 6.92 Å². The highest BCUT2D eigenvalue weighted by Gasteiger charge is 2.24. The maximum absolute atomic E-state index is 9.63. The van der Waals surface area contributed by atoms with E-state index in [4.69, 9.17) is 0 Å². The van der Waals surface area contributed by atoms with Crippen LogP contribution < -0.4 is 0 Å². The molecule has 1 aliphatic heterocycles. The zero-order valence-electron chi connectivity index (χ0n) is 9.43. The summed E-state index contributed by atoms with van der Waals surface area (Å²) in [5, 5.41) is 9.63. The first-order chi connectivity index (χ1) is 7.16. The summed E-state index contributed by atoms with van der Waals surface area (Å²) in [6.07, 6.45) is 4.56. The van der Waals surface area contributed by atoms with Gasteiger partial charge in [0.15, 0.2) is 0 Å². The highest BCUT2D eigenvalue weighted by Crippen LogP contribution is 2.17. The Morgan fingerprint density at radius 1 is 1.60 bits per heavy atom. The Bertz CT molecular complexity index is 323. The predicted molar refractivity (Wildman–Crippen MR) is 58.3 cm³/mol. The van der Waals surface area contributed by atoms with Gasteiger partial charge in [0.2, 0.25) is 0 Å². The summed E-state index contributed by atoms with van der Waals surface area (Å²) < 4.78 is 2.05. The Balaban J connectivity index is 1.94. The first-order valence-electron chi connectivity index (χ1n) is 5.53. The molecule has 4 heteroatoms. The Hall–Kier alpha value is -0.870. The Morgan fingerprint density at radius 2 is 2.40 bits per heavy atom. The smallest absolute Gasteiger partial charge is 0.122 e. The fourth-order valence-electron chi connectivity index (χ4n) is 2.11. The minimum atomic E-state index is -0.123. The fraction of sp³-hybridized carbons (Fsp3) is 0.727. The summed E-state index contributed by atoms with van der Waals surface area (Å²) in [6, 6.07) is 0. The molecule has 1 saturated heterocycles. The molecule has 0 saturated carbocycles. The number of aryl methyl sites for hydroxylation is 1. The van der Waals surface area contributed by atoms with Crippen LogP contribution in [0.15, 0.2) is 12.4 Å². The normalized spacial score (nSPS) is 28.2. The van der Waals surface area contributed by atoms with Crippen molar-refractivity contribution in [1.29, 1.82) is 0 Å². The molecule has 2 unspecified atom stereocenters. The number of aliphatic hydroxyl groups is 1. The van der Waals surface area contributed by atoms with E-state index in [2.05, 4.69) is 21.4 Å². The summed E-state index contributed by atoms with van der Waals surface area (Å²) in [7, 11) is 2.02. The predicted octanol–water partition coefficient (Wildman–Crippen LogP) is 0.623. The van der Waals surface area contributed by atoms with Crippen molar-refractivity contribution in [1.82, 2.24) is 14.5 Å². The second-order valence-electron chi connectivity index (χ2n) is 4.52. The number of nitrogens with zero attached hydrogens (tertiary/aromatic N) is 3. The van der Waals surface area contributed by atoms with Crippen molar-refractivity contribution in [3.8, 4) is 0 Å². The molecular weight excluding hydrogens is 190 g/mol. The molecule has 1 aliphatic rings. The number of hydrogen-bond acceptors (Lipinski definition) is 3. The molecule has 2 heterocycles. The Kier molecular flexibility index (Phi) is 3.07. The molecular formula is C11H19N3O. The van der Waals surface area contributed by atoms with Gasteiger partial charge in [-0.05, 0) is 12.3 Å². The lowest BCUT2D eigenvalue weighted by molar-refractivity contribution is 0.0308. The highest BCUT2D eigenvalue weighted by atomic mass is 16.3. The average molecular weight is 209 g/mol. The van der Waals surface area contributed by atoms with E-state index in [0.29, 0.717) is 5.92 Å². The Morgan fingerprint density at radius 3 is 3.00 bits per heavy atom. The van der Waals surface area contributed by atoms with Crippen LogP contribution in [0.4, 0.5) is 0 Å². The van der Waals surface area contributed by atoms with Gasteiger partial charge >= 0.3 is 0 Å². The lowest BCUT2D eigenvalue weighted by atomic mass is 9.97. The second kappa shape index (κ2) is 4.33. The van der Waals surface area contributed by atoms with E-state index < -0.39 is 0 Å². The van der Waals surface area contributed by atoms with Crippen molar-refractivity contribution in [2.45, 2.75) is 26.0 Å². The van der Waals surface area contributed by atoms with E-state index in [1.54, 1.807) is 0 Å². The van der Waals surface area contributed by atoms with Crippen LogP contribution in [0.25, 0.3) is 0 Å². The summed E-state index contributed by atoms with van der Waals surface area (Å²) in [6.45, 7) is 4.93. The number of hydrogen-bond donors (Lipinski definition) is 1. The van der Waals surface area contributed by atoms with Crippen LogP contribution in [-0.2, 0) is 13.6 Å². The molecule has 1 aromatic rings. The molecule has 0 aliphatic carbocycles. The molecule has 1 N–H and O–H groups in total. The molecule has 1 aromatic heterocycles. The van der Waals surface area contributed by atoms with Gasteiger partial charge in [-0.3, -0.25) is 4.90 Å². The maximum atomic E-state index is 9.63. The number of imidazole rings is 1. The lowest BCUT2D eigenvalue weighted by Gasteiger charge is -2.33. The molecule has 1 fully saturated rings. The van der Waals surface area contributed by atoms with E-state index in [-0.39, 0.29) is 6.10 Å². The minimum absolute atomic E-state index is 0.123. The lowest BCUT2D eigenvalue weighted by Crippen LogP contribution is -2.41. The van der Waals surface area contributed by atoms with Crippen molar-refractivity contribution in [2.24, 2.45) is 13.0 Å². The third-order valence-corrected chi connectivity index (χ3v) is 3.23. The van der Waals surface area contributed by atoms with Crippen LogP contribution in [0.3, 0.4) is 0 Å². The van der Waals surface area contributed by atoms with Crippen molar-refractivity contribution in [3.05, 3.63) is 18.2 Å². The second-order valence-corrected chi connectivity index (χ2v) is 4.52. The fourth-order valence-corrected chi connectivity index (χ4v) is 2.11. The maximum Gasteiger partial charge on any atom is 0.122 e. The molecule has 0 radical (unpaired) electrons. The number of likely N-dealkylation sites (tertiary alicyclic amines) is 1. The van der Waals surface area contributed by atoms with Crippen LogP contribution in [0, 0.1) is 5.92 Å². The number of aliphatic hydroxyl groups excluding tert-OH is 1. The SMILES string of the molecule is CC1CN(Cc2nccn2C)CCC1O. The van der Waals surface area contributed by atoms with Crippen LogP contribution >= 0.6 is 0 Å². The molecule has 15 heavy (non-hydrogen) atoms. The van der Waals surface area contributed by atoms with Gasteiger partial charge in [0.25, 0.3) is 0 Å². The molecule has 0 aromatic carbocycles. The summed E-state index contributed by atoms with van der Waals surface area (Å²) in [5.74, 6) is 1.47. The van der Waals surface area contributed by atoms with Gasteiger partial charge < -0.3 is 9.67 Å². The quantitative estimate of drug-likeness (QED) is 0.776. The molecule has 4 nitrogen and oxygen atoms in total. The number of rotatable bonds is 2.